The highest BCUT2D eigenvalue weighted by Crippen LogP contribution is 2.39. The Morgan fingerprint density at radius 1 is 0.962 bits per heavy atom. The summed E-state index contributed by atoms with van der Waals surface area (Å²) >= 11 is 0. The van der Waals surface area contributed by atoms with Gasteiger partial charge in [-0.1, -0.05) is 30.3 Å². The van der Waals surface area contributed by atoms with Crippen molar-refractivity contribution >= 4 is 12.2 Å². The predicted octanol–water partition coefficient (Wildman–Crippen LogP) is 3.04. The number of ether oxygens (including phenoxy) is 3. The highest BCUT2D eigenvalue weighted by Gasteiger charge is 2.15. The van der Waals surface area contributed by atoms with Gasteiger partial charge in [0.25, 0.3) is 0 Å². The van der Waals surface area contributed by atoms with Gasteiger partial charge < -0.3 is 19.9 Å². The zero-order chi connectivity index (χ0) is 18.5. The van der Waals surface area contributed by atoms with E-state index >= 15 is 0 Å². The number of nitrogens with two attached hydrogens (primary N) is 1. The summed E-state index contributed by atoms with van der Waals surface area (Å²) in [5, 5.41) is 4.39. The molecular weight excluding hydrogens is 332 g/mol. The lowest BCUT2D eigenvalue weighted by Crippen LogP contribution is -2.00. The van der Waals surface area contributed by atoms with Crippen LogP contribution in [0.4, 0.5) is 5.95 Å². The Bertz CT molecular complexity index is 920. The molecule has 7 heteroatoms. The van der Waals surface area contributed by atoms with Crippen LogP contribution < -0.4 is 19.9 Å². The summed E-state index contributed by atoms with van der Waals surface area (Å²) in [7, 11) is 4.69. The van der Waals surface area contributed by atoms with Gasteiger partial charge in [-0.25, -0.2) is 9.66 Å². The lowest BCUT2D eigenvalue weighted by molar-refractivity contribution is 0.324. The molecule has 2 aromatic carbocycles. The fraction of sp³-hybridized carbons (Fsp3) is 0.158. The molecular formula is C19H20N4O3. The van der Waals surface area contributed by atoms with E-state index in [4.69, 9.17) is 19.9 Å². The number of imidazole rings is 1. The van der Waals surface area contributed by atoms with E-state index in [2.05, 4.69) is 10.1 Å². The maximum atomic E-state index is 5.98. The third-order valence-corrected chi connectivity index (χ3v) is 3.84. The zero-order valence-electron chi connectivity index (χ0n) is 14.8. The minimum Gasteiger partial charge on any atom is -0.493 e. The van der Waals surface area contributed by atoms with E-state index in [0.29, 0.717) is 23.2 Å². The van der Waals surface area contributed by atoms with Crippen molar-refractivity contribution in [1.82, 2.24) is 9.66 Å². The van der Waals surface area contributed by atoms with Crippen LogP contribution in [0.1, 0.15) is 5.56 Å². The van der Waals surface area contributed by atoms with Crippen LogP contribution in [0.25, 0.3) is 11.3 Å². The maximum absolute atomic E-state index is 5.98. The first kappa shape index (κ1) is 17.3. The number of benzene rings is 2. The summed E-state index contributed by atoms with van der Waals surface area (Å²) < 4.78 is 17.6. The molecule has 2 N–H and O–H groups in total. The van der Waals surface area contributed by atoms with Crippen molar-refractivity contribution in [3.63, 3.8) is 0 Å². The molecule has 0 aliphatic carbocycles. The second-order valence-electron chi connectivity index (χ2n) is 5.36. The molecule has 0 atom stereocenters. The molecule has 0 unspecified atom stereocenters. The molecule has 3 rings (SSSR count). The van der Waals surface area contributed by atoms with E-state index in [0.717, 1.165) is 16.8 Å². The van der Waals surface area contributed by atoms with Crippen molar-refractivity contribution in [1.29, 1.82) is 0 Å². The van der Waals surface area contributed by atoms with Crippen LogP contribution in [0.3, 0.4) is 0 Å². The summed E-state index contributed by atoms with van der Waals surface area (Å²) in [4.78, 5) is 4.35. The molecule has 0 radical (unpaired) electrons. The number of methoxy groups -OCH3 is 3. The first-order valence-electron chi connectivity index (χ1n) is 7.91. The summed E-state index contributed by atoms with van der Waals surface area (Å²) in [6.07, 6.45) is 3.40. The normalized spacial score (nSPS) is 10.9. The Morgan fingerprint density at radius 3 is 2.35 bits per heavy atom. The number of nitrogens with zero attached hydrogens (tertiary/aromatic N) is 3. The molecule has 1 aromatic heterocycles. The Morgan fingerprint density at radius 2 is 1.69 bits per heavy atom. The number of rotatable bonds is 6. The summed E-state index contributed by atoms with van der Waals surface area (Å²) in [6, 6.07) is 13.4. The standard InChI is InChI=1S/C19H20N4O3/c1-24-16-10-9-14(17(25-2)18(16)26-3)11-21-23-12-15(22-19(23)20)13-7-5-4-6-8-13/h4-12H,1-3H3,(H2,20,22)/b21-11+. The Balaban J connectivity index is 1.95. The van der Waals surface area contributed by atoms with E-state index in [1.54, 1.807) is 39.8 Å². The lowest BCUT2D eigenvalue weighted by atomic mass is 10.2. The highest BCUT2D eigenvalue weighted by atomic mass is 16.5. The van der Waals surface area contributed by atoms with Gasteiger partial charge in [0.1, 0.15) is 0 Å². The molecule has 1 heterocycles. The van der Waals surface area contributed by atoms with Gasteiger partial charge >= 0.3 is 0 Å². The smallest absolute Gasteiger partial charge is 0.221 e. The first-order chi connectivity index (χ1) is 12.7. The molecule has 0 aliphatic heterocycles. The van der Waals surface area contributed by atoms with Crippen LogP contribution in [0.15, 0.2) is 53.8 Å². The van der Waals surface area contributed by atoms with Gasteiger partial charge in [-0.15, -0.1) is 0 Å². The minimum absolute atomic E-state index is 0.291. The van der Waals surface area contributed by atoms with Crippen molar-refractivity contribution in [3.05, 3.63) is 54.2 Å². The molecule has 0 saturated heterocycles. The molecule has 0 saturated carbocycles. The second kappa shape index (κ2) is 7.60. The second-order valence-corrected chi connectivity index (χ2v) is 5.36. The summed E-state index contributed by atoms with van der Waals surface area (Å²) in [5.74, 6) is 1.90. The molecule has 0 bridgehead atoms. The Kier molecular flexibility index (Phi) is 5.07. The molecule has 0 spiro atoms. The van der Waals surface area contributed by atoms with Crippen molar-refractivity contribution in [2.75, 3.05) is 27.1 Å². The molecule has 7 nitrogen and oxygen atoms in total. The van der Waals surface area contributed by atoms with Gasteiger partial charge in [-0.3, -0.25) is 0 Å². The summed E-state index contributed by atoms with van der Waals surface area (Å²) in [5.41, 5.74) is 8.42. The Hall–Kier alpha value is -3.48. The largest absolute Gasteiger partial charge is 0.493 e. The topological polar surface area (TPSA) is 83.9 Å². The first-order valence-corrected chi connectivity index (χ1v) is 7.91. The number of hydrogen-bond donors (Lipinski definition) is 1. The fourth-order valence-corrected chi connectivity index (χ4v) is 2.58. The van der Waals surface area contributed by atoms with Crippen molar-refractivity contribution in [2.45, 2.75) is 0 Å². The van der Waals surface area contributed by atoms with Crippen molar-refractivity contribution < 1.29 is 14.2 Å². The number of nitrogen functional groups attached to an aromatic ring is 1. The van der Waals surface area contributed by atoms with Crippen LogP contribution in [-0.2, 0) is 0 Å². The van der Waals surface area contributed by atoms with E-state index < -0.39 is 0 Å². The average Bonchev–Trinajstić information content (AvgIpc) is 3.06. The van der Waals surface area contributed by atoms with Crippen molar-refractivity contribution in [2.24, 2.45) is 5.10 Å². The van der Waals surface area contributed by atoms with Gasteiger partial charge in [-0.2, -0.15) is 5.10 Å². The van der Waals surface area contributed by atoms with Crippen LogP contribution in [-0.4, -0.2) is 37.2 Å². The third kappa shape index (κ3) is 3.32. The van der Waals surface area contributed by atoms with E-state index in [1.165, 1.54) is 4.68 Å². The lowest BCUT2D eigenvalue weighted by Gasteiger charge is -2.13. The van der Waals surface area contributed by atoms with E-state index in [1.807, 2.05) is 36.4 Å². The van der Waals surface area contributed by atoms with E-state index in [9.17, 15) is 0 Å². The van der Waals surface area contributed by atoms with Crippen molar-refractivity contribution in [3.8, 4) is 28.5 Å². The van der Waals surface area contributed by atoms with Gasteiger partial charge in [0.15, 0.2) is 11.5 Å². The molecule has 134 valence electrons. The van der Waals surface area contributed by atoms with Crippen LogP contribution in [0.2, 0.25) is 0 Å². The molecule has 0 aliphatic rings. The quantitative estimate of drug-likeness (QED) is 0.689. The summed E-state index contributed by atoms with van der Waals surface area (Å²) in [6.45, 7) is 0. The molecule has 26 heavy (non-hydrogen) atoms. The van der Waals surface area contributed by atoms with Crippen LogP contribution >= 0.6 is 0 Å². The monoisotopic (exact) mass is 352 g/mol. The highest BCUT2D eigenvalue weighted by molar-refractivity contribution is 5.86. The van der Waals surface area contributed by atoms with Gasteiger partial charge in [-0.05, 0) is 12.1 Å². The third-order valence-electron chi connectivity index (χ3n) is 3.84. The molecule has 0 amide bonds. The predicted molar refractivity (Wildman–Crippen MR) is 101 cm³/mol. The molecule has 0 fully saturated rings. The zero-order valence-corrected chi connectivity index (χ0v) is 14.8. The maximum Gasteiger partial charge on any atom is 0.221 e. The number of aromatic nitrogens is 2. The van der Waals surface area contributed by atoms with Gasteiger partial charge in [0.2, 0.25) is 11.7 Å². The molecule has 3 aromatic rings. The van der Waals surface area contributed by atoms with Gasteiger partial charge in [0.05, 0.1) is 39.4 Å². The minimum atomic E-state index is 0.291. The number of anilines is 1. The number of hydrogen-bond acceptors (Lipinski definition) is 6. The SMILES string of the molecule is COc1ccc(/C=N/n2cc(-c3ccccc3)nc2N)c(OC)c1OC. The average molecular weight is 352 g/mol. The van der Waals surface area contributed by atoms with Crippen LogP contribution in [0, 0.1) is 0 Å². The van der Waals surface area contributed by atoms with E-state index in [-0.39, 0.29) is 0 Å². The van der Waals surface area contributed by atoms with Gasteiger partial charge in [0, 0.05) is 11.1 Å². The Labute approximate surface area is 151 Å². The van der Waals surface area contributed by atoms with Crippen LogP contribution in [0.5, 0.6) is 17.2 Å². The fourth-order valence-electron chi connectivity index (χ4n) is 2.58.